The Bertz CT molecular complexity index is 1810. The minimum Gasteiger partial charge on any atom is -0.347 e. The van der Waals surface area contributed by atoms with Crippen LogP contribution in [0.4, 0.5) is 0 Å². The minimum atomic E-state index is -0.168. The number of amides is 2. The third kappa shape index (κ3) is 6.74. The van der Waals surface area contributed by atoms with E-state index in [1.807, 2.05) is 36.4 Å². The second-order valence-electron chi connectivity index (χ2n) is 10.8. The van der Waals surface area contributed by atoms with E-state index in [-0.39, 0.29) is 69.7 Å². The largest absolute Gasteiger partial charge is 1.00 e. The molecule has 12 heteroatoms. The van der Waals surface area contributed by atoms with E-state index in [4.69, 9.17) is 4.98 Å². The summed E-state index contributed by atoms with van der Waals surface area (Å²) < 4.78 is 2.27. The first-order valence-electron chi connectivity index (χ1n) is 14.4. The Morgan fingerprint density at radius 1 is 0.977 bits per heavy atom. The molecule has 11 nitrogen and oxygen atoms in total. The van der Waals surface area contributed by atoms with Crippen molar-refractivity contribution in [3.05, 3.63) is 83.7 Å². The first-order chi connectivity index (χ1) is 20.9. The molecule has 0 spiro atoms. The van der Waals surface area contributed by atoms with Crippen LogP contribution in [0.3, 0.4) is 0 Å². The van der Waals surface area contributed by atoms with Crippen LogP contribution in [0, 0.1) is 0 Å². The zero-order valence-corrected chi connectivity index (χ0v) is 28.6. The smallest absolute Gasteiger partial charge is 0.347 e. The number of rotatable bonds is 9. The van der Waals surface area contributed by atoms with Crippen molar-refractivity contribution < 1.29 is 61.0 Å². The average molecular weight is 614 g/mol. The van der Waals surface area contributed by atoms with Gasteiger partial charge in [-0.15, -0.1) is 0 Å². The molecule has 0 saturated carbocycles. The number of hydrogen-bond acceptors (Lipinski definition) is 7. The zero-order chi connectivity index (χ0) is 29.9. The number of hydrazone groups is 1. The number of aryl methyl sites for hydroxylation is 1. The van der Waals surface area contributed by atoms with Gasteiger partial charge in [-0.1, -0.05) is 61.5 Å². The molecule has 0 saturated heterocycles. The summed E-state index contributed by atoms with van der Waals surface area (Å²) in [4.78, 5) is 31.2. The molecule has 0 unspecified atom stereocenters. The van der Waals surface area contributed by atoms with Gasteiger partial charge in [0.15, 0.2) is 0 Å². The summed E-state index contributed by atoms with van der Waals surface area (Å²) in [5.74, 6) is 1.22. The summed E-state index contributed by atoms with van der Waals surface area (Å²) in [6.07, 6.45) is 2.67. The Kier molecular flexibility index (Phi) is 10.2. The van der Waals surface area contributed by atoms with E-state index in [1.54, 1.807) is 14.1 Å². The van der Waals surface area contributed by atoms with Gasteiger partial charge in [0.2, 0.25) is 11.8 Å². The molecule has 0 bridgehead atoms. The molecular weight excluding hydrogens is 582 g/mol. The molecule has 0 fully saturated rings. The number of aromatic nitrogens is 6. The molecule has 6 rings (SSSR count). The number of imidazole rings is 1. The second-order valence-corrected chi connectivity index (χ2v) is 10.8. The molecule has 0 aliphatic carbocycles. The maximum absolute atomic E-state index is 12.5. The molecule has 0 N–H and O–H groups in total. The van der Waals surface area contributed by atoms with Crippen LogP contribution in [0.25, 0.3) is 33.5 Å². The maximum atomic E-state index is 12.5. The van der Waals surface area contributed by atoms with E-state index in [0.29, 0.717) is 25.2 Å². The normalized spacial score (nSPS) is 13.1. The van der Waals surface area contributed by atoms with E-state index in [2.05, 4.69) is 67.5 Å². The summed E-state index contributed by atoms with van der Waals surface area (Å²) in [6.45, 7) is 2.75. The Morgan fingerprint density at radius 3 is 2.43 bits per heavy atom. The van der Waals surface area contributed by atoms with Gasteiger partial charge in [0.1, 0.15) is 12.4 Å². The molecule has 1 aliphatic rings. The molecule has 5 aromatic rings. The molecule has 2 aromatic heterocycles. The fraction of sp³-hybridized carbons (Fsp3) is 0.281. The van der Waals surface area contributed by atoms with E-state index < -0.39 is 0 Å². The Hall–Kier alpha value is -3.55. The van der Waals surface area contributed by atoms with E-state index in [1.165, 1.54) is 9.91 Å². The van der Waals surface area contributed by atoms with Crippen molar-refractivity contribution >= 4 is 28.6 Å². The standard InChI is InChI=1S/C32H32N9O2.K/c1-4-7-29-33-27-15-14-23(26-16-17-30(42)41(36-26)20-31(43)39(2)3)18-28(27)40(29)19-21-10-12-22(13-11-21)24-8-5-6-9-25(24)32-34-37-38-35-32;/h5-6,8-15,18H,4,7,16-17,19-20H2,1-3H3;/q-1;+1. The van der Waals surface area contributed by atoms with Crippen LogP contribution in [0.15, 0.2) is 71.8 Å². The molecule has 3 heterocycles. The van der Waals surface area contributed by atoms with Gasteiger partial charge in [-0.25, -0.2) is 15.1 Å². The van der Waals surface area contributed by atoms with Crippen LogP contribution in [-0.4, -0.2) is 73.0 Å². The van der Waals surface area contributed by atoms with Crippen molar-refractivity contribution in [1.82, 2.24) is 40.1 Å². The van der Waals surface area contributed by atoms with Crippen LogP contribution >= 0.6 is 0 Å². The quantitative estimate of drug-likeness (QED) is 0.227. The summed E-state index contributed by atoms with van der Waals surface area (Å²) in [6, 6.07) is 22.6. The molecule has 1 aliphatic heterocycles. The molecule has 0 atom stereocenters. The van der Waals surface area contributed by atoms with Gasteiger partial charge >= 0.3 is 51.4 Å². The van der Waals surface area contributed by atoms with Crippen LogP contribution in [0.2, 0.25) is 0 Å². The molecule has 0 radical (unpaired) electrons. The Balaban J connectivity index is 0.00000384. The van der Waals surface area contributed by atoms with Crippen LogP contribution in [0.5, 0.6) is 0 Å². The first kappa shape index (κ1) is 31.9. The second kappa shape index (κ2) is 14.0. The predicted molar refractivity (Wildman–Crippen MR) is 163 cm³/mol. The number of likely N-dealkylation sites (N-methyl/N-ethyl adjacent to an activating group) is 1. The van der Waals surface area contributed by atoms with Gasteiger partial charge in [0.25, 0.3) is 0 Å². The topological polar surface area (TPSA) is 124 Å². The monoisotopic (exact) mass is 613 g/mol. The maximum Gasteiger partial charge on any atom is 1.00 e. The zero-order valence-electron chi connectivity index (χ0n) is 25.4. The van der Waals surface area contributed by atoms with Gasteiger partial charge in [-0.3, -0.25) is 20.0 Å². The van der Waals surface area contributed by atoms with Crippen LogP contribution in [0.1, 0.15) is 43.1 Å². The van der Waals surface area contributed by atoms with Crippen LogP contribution < -0.4 is 56.6 Å². The van der Waals surface area contributed by atoms with Gasteiger partial charge in [-0.2, -0.15) is 5.10 Å². The van der Waals surface area contributed by atoms with E-state index in [0.717, 1.165) is 63.2 Å². The average Bonchev–Trinajstić information content (AvgIpc) is 3.67. The van der Waals surface area contributed by atoms with Crippen LogP contribution in [-0.2, 0) is 22.6 Å². The Morgan fingerprint density at radius 2 is 1.73 bits per heavy atom. The van der Waals surface area contributed by atoms with Crippen molar-refractivity contribution in [2.75, 3.05) is 20.6 Å². The first-order valence-corrected chi connectivity index (χ1v) is 14.4. The third-order valence-corrected chi connectivity index (χ3v) is 7.62. The SMILES string of the molecule is CCCc1nc2ccc(C3=NN(CC(=O)N(C)C)C(=O)CC3)cc2n1Cc1ccc(-c2ccccc2-c2nn[n-]n2)cc1.[K+]. The Labute approximate surface area is 298 Å². The van der Waals surface area contributed by atoms with E-state index in [9.17, 15) is 9.59 Å². The molecule has 2 amide bonds. The van der Waals surface area contributed by atoms with Gasteiger partial charge in [0, 0.05) is 45.5 Å². The summed E-state index contributed by atoms with van der Waals surface area (Å²) in [5.41, 5.74) is 7.75. The van der Waals surface area contributed by atoms with Crippen molar-refractivity contribution in [3.63, 3.8) is 0 Å². The number of carbonyl (C=O) groups excluding carboxylic acids is 2. The molecule has 218 valence electrons. The van der Waals surface area contributed by atoms with Crippen molar-refractivity contribution in [2.24, 2.45) is 5.10 Å². The summed E-state index contributed by atoms with van der Waals surface area (Å²) in [5, 5.41) is 21.2. The van der Waals surface area contributed by atoms with Crippen molar-refractivity contribution in [2.45, 2.75) is 39.2 Å². The number of benzene rings is 3. The molecule has 3 aromatic carbocycles. The number of fused-ring (bicyclic) bond motifs is 1. The number of hydrogen-bond donors (Lipinski definition) is 0. The van der Waals surface area contributed by atoms with Gasteiger partial charge < -0.3 is 14.6 Å². The van der Waals surface area contributed by atoms with Gasteiger partial charge in [-0.05, 0) is 40.8 Å². The number of tetrazole rings is 1. The summed E-state index contributed by atoms with van der Waals surface area (Å²) in [7, 11) is 3.35. The van der Waals surface area contributed by atoms with Crippen molar-refractivity contribution in [3.8, 4) is 22.5 Å². The molecular formula is C32H32KN9O2. The van der Waals surface area contributed by atoms with Crippen molar-refractivity contribution in [1.29, 1.82) is 0 Å². The molecule has 44 heavy (non-hydrogen) atoms. The fourth-order valence-electron chi connectivity index (χ4n) is 5.30. The van der Waals surface area contributed by atoms with Gasteiger partial charge in [0.05, 0.1) is 22.6 Å². The third-order valence-electron chi connectivity index (χ3n) is 7.62. The van der Waals surface area contributed by atoms with E-state index >= 15 is 0 Å². The fourth-order valence-corrected chi connectivity index (χ4v) is 5.30. The number of carbonyl (C=O) groups is 2. The predicted octanol–water partition coefficient (Wildman–Crippen LogP) is 0.932. The minimum absolute atomic E-state index is 0. The summed E-state index contributed by atoms with van der Waals surface area (Å²) >= 11 is 0. The number of nitrogens with zero attached hydrogens (tertiary/aromatic N) is 9.